The normalized spacial score (nSPS) is 18.2. The lowest BCUT2D eigenvalue weighted by atomic mass is 10.2. The predicted molar refractivity (Wildman–Crippen MR) is 146 cm³/mol. The summed E-state index contributed by atoms with van der Waals surface area (Å²) in [5.41, 5.74) is 2.67. The summed E-state index contributed by atoms with van der Waals surface area (Å²) in [4.78, 5) is 4.40. The van der Waals surface area contributed by atoms with Crippen molar-refractivity contribution < 1.29 is 16.8 Å². The molecule has 2 fully saturated rings. The highest BCUT2D eigenvalue weighted by Crippen LogP contribution is 2.28. The Morgan fingerprint density at radius 1 is 0.541 bits per heavy atom. The highest BCUT2D eigenvalue weighted by atomic mass is 32.2. The Morgan fingerprint density at radius 2 is 0.973 bits per heavy atom. The van der Waals surface area contributed by atoms with Crippen LogP contribution in [0.1, 0.15) is 5.56 Å². The Kier molecular flexibility index (Phi) is 7.26. The summed E-state index contributed by atoms with van der Waals surface area (Å²) in [6.45, 7) is 5.38. The Balaban J connectivity index is 1.31. The minimum absolute atomic E-state index is 0.0211. The van der Waals surface area contributed by atoms with Gasteiger partial charge in [-0.15, -0.1) is 0 Å². The molecule has 0 unspecified atom stereocenters. The van der Waals surface area contributed by atoms with Gasteiger partial charge in [-0.3, -0.25) is 0 Å². The molecule has 0 N–H and O–H groups in total. The van der Waals surface area contributed by atoms with Gasteiger partial charge in [-0.25, -0.2) is 16.8 Å². The van der Waals surface area contributed by atoms with Gasteiger partial charge in [0.1, 0.15) is 0 Å². The molecule has 2 saturated heterocycles. The molecule has 5 rings (SSSR count). The first-order chi connectivity index (χ1) is 17.8. The first-order valence-electron chi connectivity index (χ1n) is 12.5. The van der Waals surface area contributed by atoms with Crippen LogP contribution in [0.3, 0.4) is 0 Å². The second-order valence-corrected chi connectivity index (χ2v) is 13.2. The van der Waals surface area contributed by atoms with Gasteiger partial charge in [0, 0.05) is 63.7 Å². The molecule has 2 heterocycles. The molecule has 0 spiro atoms. The van der Waals surface area contributed by atoms with Crippen molar-refractivity contribution >= 4 is 31.4 Å². The molecule has 2 aliphatic heterocycles. The van der Waals surface area contributed by atoms with E-state index in [0.717, 1.165) is 11.4 Å². The molecule has 0 atom stereocenters. The van der Waals surface area contributed by atoms with Crippen LogP contribution >= 0.6 is 0 Å². The molecule has 8 nitrogen and oxygen atoms in total. The maximum Gasteiger partial charge on any atom is 0.243 e. The summed E-state index contributed by atoms with van der Waals surface area (Å²) >= 11 is 0. The van der Waals surface area contributed by atoms with Crippen LogP contribution < -0.4 is 9.80 Å². The van der Waals surface area contributed by atoms with E-state index in [4.69, 9.17) is 0 Å². The minimum atomic E-state index is -3.84. The zero-order valence-electron chi connectivity index (χ0n) is 20.9. The van der Waals surface area contributed by atoms with Gasteiger partial charge < -0.3 is 9.80 Å². The zero-order valence-corrected chi connectivity index (χ0v) is 22.5. The average Bonchev–Trinajstić information content (AvgIpc) is 2.94. The third-order valence-electron chi connectivity index (χ3n) is 7.14. The number of anilines is 2. The second kappa shape index (κ2) is 10.4. The van der Waals surface area contributed by atoms with Gasteiger partial charge in [0.05, 0.1) is 9.79 Å². The molecule has 0 saturated carbocycles. The van der Waals surface area contributed by atoms with Crippen molar-refractivity contribution in [3.05, 3.63) is 84.4 Å². The lowest BCUT2D eigenvalue weighted by Crippen LogP contribution is -2.49. The maximum absolute atomic E-state index is 13.6. The summed E-state index contributed by atoms with van der Waals surface area (Å²) in [5, 5.41) is 0. The molecule has 37 heavy (non-hydrogen) atoms. The van der Waals surface area contributed by atoms with Crippen molar-refractivity contribution in [1.29, 1.82) is 0 Å². The molecule has 0 amide bonds. The minimum Gasteiger partial charge on any atom is -0.369 e. The summed E-state index contributed by atoms with van der Waals surface area (Å²) in [7, 11) is -7.67. The quantitative estimate of drug-likeness (QED) is 0.478. The van der Waals surface area contributed by atoms with Crippen molar-refractivity contribution in [2.24, 2.45) is 0 Å². The number of piperazine rings is 2. The second-order valence-electron chi connectivity index (χ2n) is 9.38. The summed E-state index contributed by atoms with van der Waals surface area (Å²) in [6, 6.07) is 24.3. The third kappa shape index (κ3) is 5.24. The molecule has 196 valence electrons. The fourth-order valence-corrected chi connectivity index (χ4v) is 8.15. The van der Waals surface area contributed by atoms with Crippen LogP contribution in [0.5, 0.6) is 0 Å². The fraction of sp³-hybridized carbons (Fsp3) is 0.333. The Morgan fingerprint density at radius 3 is 1.43 bits per heavy atom. The topological polar surface area (TPSA) is 81.2 Å². The number of nitrogens with zero attached hydrogens (tertiary/aromatic N) is 4. The van der Waals surface area contributed by atoms with E-state index in [-0.39, 0.29) is 9.79 Å². The van der Waals surface area contributed by atoms with E-state index < -0.39 is 20.0 Å². The van der Waals surface area contributed by atoms with E-state index in [2.05, 4.69) is 9.80 Å². The molecule has 10 heteroatoms. The lowest BCUT2D eigenvalue weighted by Gasteiger charge is -2.36. The number of hydrogen-bond donors (Lipinski definition) is 0. The Bertz CT molecular complexity index is 1430. The number of aryl methyl sites for hydroxylation is 1. The first-order valence-corrected chi connectivity index (χ1v) is 15.4. The monoisotopic (exact) mass is 540 g/mol. The average molecular weight is 541 g/mol. The summed E-state index contributed by atoms with van der Waals surface area (Å²) in [5.74, 6) is 0. The van der Waals surface area contributed by atoms with Crippen molar-refractivity contribution in [3.63, 3.8) is 0 Å². The van der Waals surface area contributed by atoms with Crippen molar-refractivity contribution in [2.75, 3.05) is 62.2 Å². The number of para-hydroxylation sites is 2. The number of benzene rings is 3. The van der Waals surface area contributed by atoms with Crippen molar-refractivity contribution in [2.45, 2.75) is 16.7 Å². The largest absolute Gasteiger partial charge is 0.369 e. The molecule has 0 radical (unpaired) electrons. The molecule has 3 aromatic carbocycles. The van der Waals surface area contributed by atoms with Gasteiger partial charge >= 0.3 is 0 Å². The predicted octanol–water partition coefficient (Wildman–Crippen LogP) is 3.02. The standard InChI is InChI=1S/C27H32N4O4S2/c1-23-12-13-26(36(32,33)30-18-14-28(15-19-30)24-8-4-2-5-9-24)22-27(23)37(34,35)31-20-16-29(17-21-31)25-10-6-3-7-11-25/h2-13,22H,14-21H2,1H3. The molecular formula is C27H32N4O4S2. The molecule has 0 aliphatic carbocycles. The maximum atomic E-state index is 13.6. The molecule has 3 aromatic rings. The van der Waals surface area contributed by atoms with Gasteiger partial charge in [-0.05, 0) is 48.9 Å². The molecule has 2 aliphatic rings. The van der Waals surface area contributed by atoms with E-state index >= 15 is 0 Å². The van der Waals surface area contributed by atoms with Gasteiger partial charge in [-0.2, -0.15) is 8.61 Å². The molecular weight excluding hydrogens is 508 g/mol. The van der Waals surface area contributed by atoms with Crippen LogP contribution in [-0.2, 0) is 20.0 Å². The van der Waals surface area contributed by atoms with E-state index in [1.807, 2.05) is 60.7 Å². The van der Waals surface area contributed by atoms with Gasteiger partial charge in [0.25, 0.3) is 0 Å². The van der Waals surface area contributed by atoms with Gasteiger partial charge in [0.2, 0.25) is 20.0 Å². The Hall–Kier alpha value is -2.92. The van der Waals surface area contributed by atoms with Gasteiger partial charge in [0.15, 0.2) is 0 Å². The van der Waals surface area contributed by atoms with Crippen LogP contribution in [0.15, 0.2) is 88.7 Å². The SMILES string of the molecule is Cc1ccc(S(=O)(=O)N2CCN(c3ccccc3)CC2)cc1S(=O)(=O)N1CCN(c2ccccc2)CC1. The van der Waals surface area contributed by atoms with E-state index in [0.29, 0.717) is 57.9 Å². The lowest BCUT2D eigenvalue weighted by molar-refractivity contribution is 0.383. The molecule has 0 bridgehead atoms. The first kappa shape index (κ1) is 25.7. The highest BCUT2D eigenvalue weighted by molar-refractivity contribution is 7.90. The van der Waals surface area contributed by atoms with Crippen molar-refractivity contribution in [3.8, 4) is 0 Å². The Labute approximate surface area is 219 Å². The van der Waals surface area contributed by atoms with Crippen LogP contribution in [0, 0.1) is 6.92 Å². The highest BCUT2D eigenvalue weighted by Gasteiger charge is 2.33. The number of rotatable bonds is 6. The van der Waals surface area contributed by atoms with Crippen LogP contribution in [-0.4, -0.2) is 77.8 Å². The van der Waals surface area contributed by atoms with Crippen LogP contribution in [0.25, 0.3) is 0 Å². The fourth-order valence-electron chi connectivity index (χ4n) is 4.96. The van der Waals surface area contributed by atoms with E-state index in [9.17, 15) is 16.8 Å². The van der Waals surface area contributed by atoms with E-state index in [1.165, 1.54) is 20.7 Å². The van der Waals surface area contributed by atoms with Crippen LogP contribution in [0.4, 0.5) is 11.4 Å². The smallest absolute Gasteiger partial charge is 0.243 e. The summed E-state index contributed by atoms with van der Waals surface area (Å²) < 4.78 is 57.1. The van der Waals surface area contributed by atoms with Crippen molar-refractivity contribution in [1.82, 2.24) is 8.61 Å². The number of hydrogen-bond acceptors (Lipinski definition) is 6. The third-order valence-corrected chi connectivity index (χ3v) is 11.1. The van der Waals surface area contributed by atoms with E-state index in [1.54, 1.807) is 13.0 Å². The zero-order chi connectivity index (χ0) is 26.0. The molecule has 0 aromatic heterocycles. The summed E-state index contributed by atoms with van der Waals surface area (Å²) in [6.07, 6.45) is 0. The number of sulfonamides is 2. The van der Waals surface area contributed by atoms with Gasteiger partial charge in [-0.1, -0.05) is 42.5 Å². The van der Waals surface area contributed by atoms with Crippen LogP contribution in [0.2, 0.25) is 0 Å².